The van der Waals surface area contributed by atoms with Crippen LogP contribution in [-0.4, -0.2) is 41.8 Å². The fraction of sp³-hybridized carbons (Fsp3) is 0.500. The molecule has 3 rings (SSSR count). The fourth-order valence-electron chi connectivity index (χ4n) is 3.67. The highest BCUT2D eigenvalue weighted by molar-refractivity contribution is 5.37. The van der Waals surface area contributed by atoms with Gasteiger partial charge in [-0.3, -0.25) is 4.79 Å². The molecule has 0 bridgehead atoms. The van der Waals surface area contributed by atoms with E-state index in [0.29, 0.717) is 17.9 Å². The molecule has 0 aliphatic carbocycles. The Bertz CT molecular complexity index is 789. The molecule has 2 aromatic rings. The molecule has 1 fully saturated rings. The van der Waals surface area contributed by atoms with E-state index in [1.165, 1.54) is 5.56 Å². The van der Waals surface area contributed by atoms with Gasteiger partial charge in [0.05, 0.1) is 7.11 Å². The minimum absolute atomic E-state index is 0.0322. The number of piperidine rings is 1. The van der Waals surface area contributed by atoms with Crippen LogP contribution in [0.15, 0.2) is 41.5 Å². The van der Waals surface area contributed by atoms with E-state index in [1.54, 1.807) is 31.1 Å². The second kappa shape index (κ2) is 8.36. The standard InChI is InChI=1S/C20H28N4O2/c1-15(13-16-7-4-5-9-18(16)26-3)22-17-8-6-11-24(14-17)19-20(25)23(2)12-10-21-19/h4-5,7,9-10,12,15,17,22H,6,8,11,13-14H2,1-3H3/t15-,17+/m1/s1. The Kier molecular flexibility index (Phi) is 5.93. The molecule has 0 radical (unpaired) electrons. The molecule has 1 saturated heterocycles. The van der Waals surface area contributed by atoms with Gasteiger partial charge < -0.3 is 19.5 Å². The molecule has 1 aliphatic rings. The summed E-state index contributed by atoms with van der Waals surface area (Å²) in [6.07, 6.45) is 6.46. The number of ether oxygens (including phenoxy) is 1. The molecular weight excluding hydrogens is 328 g/mol. The van der Waals surface area contributed by atoms with Crippen molar-refractivity contribution >= 4 is 5.82 Å². The first-order chi connectivity index (χ1) is 12.6. The molecule has 140 valence electrons. The number of hydrogen-bond donors (Lipinski definition) is 1. The number of methoxy groups -OCH3 is 1. The monoisotopic (exact) mass is 356 g/mol. The maximum absolute atomic E-state index is 12.3. The fourth-order valence-corrected chi connectivity index (χ4v) is 3.67. The summed E-state index contributed by atoms with van der Waals surface area (Å²) in [5, 5.41) is 3.72. The first-order valence-corrected chi connectivity index (χ1v) is 9.23. The molecule has 0 amide bonds. The van der Waals surface area contributed by atoms with Crippen LogP contribution in [0, 0.1) is 0 Å². The van der Waals surface area contributed by atoms with E-state index in [4.69, 9.17) is 4.74 Å². The number of aryl methyl sites for hydroxylation is 1. The van der Waals surface area contributed by atoms with Crippen LogP contribution in [0.5, 0.6) is 5.75 Å². The summed E-state index contributed by atoms with van der Waals surface area (Å²) in [7, 11) is 3.48. The van der Waals surface area contributed by atoms with Crippen molar-refractivity contribution in [3.63, 3.8) is 0 Å². The minimum Gasteiger partial charge on any atom is -0.496 e. The summed E-state index contributed by atoms with van der Waals surface area (Å²) in [4.78, 5) is 18.8. The molecule has 2 heterocycles. The summed E-state index contributed by atoms with van der Waals surface area (Å²) >= 11 is 0. The van der Waals surface area contributed by atoms with Gasteiger partial charge in [0, 0.05) is 44.6 Å². The lowest BCUT2D eigenvalue weighted by molar-refractivity contribution is 0.373. The molecule has 0 unspecified atom stereocenters. The zero-order valence-corrected chi connectivity index (χ0v) is 15.8. The van der Waals surface area contributed by atoms with Gasteiger partial charge in [0.1, 0.15) is 5.75 Å². The largest absolute Gasteiger partial charge is 0.496 e. The molecule has 6 heteroatoms. The number of rotatable bonds is 6. The van der Waals surface area contributed by atoms with Gasteiger partial charge in [-0.15, -0.1) is 0 Å². The molecule has 6 nitrogen and oxygen atoms in total. The number of nitrogens with zero attached hydrogens (tertiary/aromatic N) is 3. The first-order valence-electron chi connectivity index (χ1n) is 9.23. The number of anilines is 1. The highest BCUT2D eigenvalue weighted by atomic mass is 16.5. The topological polar surface area (TPSA) is 59.4 Å². The number of benzene rings is 1. The summed E-state index contributed by atoms with van der Waals surface area (Å²) in [5.41, 5.74) is 1.18. The quantitative estimate of drug-likeness (QED) is 0.858. The van der Waals surface area contributed by atoms with E-state index in [0.717, 1.165) is 38.1 Å². The number of para-hydroxylation sites is 1. The average Bonchev–Trinajstić information content (AvgIpc) is 2.64. The Labute approximate surface area is 154 Å². The van der Waals surface area contributed by atoms with E-state index >= 15 is 0 Å². The van der Waals surface area contributed by atoms with Crippen LogP contribution in [0.4, 0.5) is 5.82 Å². The Balaban J connectivity index is 1.63. The van der Waals surface area contributed by atoms with E-state index in [2.05, 4.69) is 28.2 Å². The lowest BCUT2D eigenvalue weighted by Crippen LogP contribution is -2.50. The van der Waals surface area contributed by atoms with Gasteiger partial charge in [-0.05, 0) is 37.8 Å². The first kappa shape index (κ1) is 18.5. The molecule has 1 N–H and O–H groups in total. The average molecular weight is 356 g/mol. The van der Waals surface area contributed by atoms with Gasteiger partial charge in [0.15, 0.2) is 5.82 Å². The molecule has 0 saturated carbocycles. The molecule has 1 aromatic carbocycles. The van der Waals surface area contributed by atoms with Crippen molar-refractivity contribution in [1.29, 1.82) is 0 Å². The van der Waals surface area contributed by atoms with Gasteiger partial charge >= 0.3 is 0 Å². The van der Waals surface area contributed by atoms with Crippen LogP contribution in [-0.2, 0) is 13.5 Å². The van der Waals surface area contributed by atoms with Crippen molar-refractivity contribution in [2.24, 2.45) is 7.05 Å². The van der Waals surface area contributed by atoms with Gasteiger partial charge in [0.2, 0.25) is 0 Å². The highest BCUT2D eigenvalue weighted by Gasteiger charge is 2.24. The summed E-state index contributed by atoms with van der Waals surface area (Å²) in [5.74, 6) is 1.49. The zero-order valence-electron chi connectivity index (χ0n) is 15.8. The Morgan fingerprint density at radius 3 is 3.00 bits per heavy atom. The molecule has 0 spiro atoms. The van der Waals surface area contributed by atoms with Crippen molar-refractivity contribution in [2.75, 3.05) is 25.1 Å². The number of aromatic nitrogens is 2. The second-order valence-corrected chi connectivity index (χ2v) is 7.04. The van der Waals surface area contributed by atoms with Crippen LogP contribution >= 0.6 is 0 Å². The summed E-state index contributed by atoms with van der Waals surface area (Å²) in [6, 6.07) is 8.82. The molecule has 1 aromatic heterocycles. The number of hydrogen-bond acceptors (Lipinski definition) is 5. The smallest absolute Gasteiger partial charge is 0.293 e. The third-order valence-electron chi connectivity index (χ3n) is 4.96. The van der Waals surface area contributed by atoms with E-state index in [1.807, 2.05) is 18.2 Å². The third kappa shape index (κ3) is 4.25. The summed E-state index contributed by atoms with van der Waals surface area (Å²) < 4.78 is 7.04. The predicted molar refractivity (Wildman–Crippen MR) is 104 cm³/mol. The van der Waals surface area contributed by atoms with Gasteiger partial charge in [-0.25, -0.2) is 4.98 Å². The van der Waals surface area contributed by atoms with E-state index in [-0.39, 0.29) is 5.56 Å². The van der Waals surface area contributed by atoms with Crippen molar-refractivity contribution in [3.05, 3.63) is 52.6 Å². The highest BCUT2D eigenvalue weighted by Crippen LogP contribution is 2.20. The van der Waals surface area contributed by atoms with Gasteiger partial charge in [-0.1, -0.05) is 18.2 Å². The lowest BCUT2D eigenvalue weighted by atomic mass is 10.0. The second-order valence-electron chi connectivity index (χ2n) is 7.04. The Hall–Kier alpha value is -2.34. The molecule has 1 aliphatic heterocycles. The maximum atomic E-state index is 12.3. The Morgan fingerprint density at radius 2 is 2.19 bits per heavy atom. The molecular formula is C20H28N4O2. The van der Waals surface area contributed by atoms with Crippen LogP contribution in [0.2, 0.25) is 0 Å². The lowest BCUT2D eigenvalue weighted by Gasteiger charge is -2.35. The number of nitrogens with one attached hydrogen (secondary N) is 1. The SMILES string of the molecule is COc1ccccc1C[C@@H](C)N[C@H]1CCCN(c2nccn(C)c2=O)C1. The third-order valence-corrected chi connectivity index (χ3v) is 4.96. The van der Waals surface area contributed by atoms with Crippen LogP contribution in [0.1, 0.15) is 25.3 Å². The van der Waals surface area contributed by atoms with Gasteiger partial charge in [-0.2, -0.15) is 0 Å². The van der Waals surface area contributed by atoms with Crippen LogP contribution < -0.4 is 20.5 Å². The minimum atomic E-state index is -0.0322. The van der Waals surface area contributed by atoms with Crippen molar-refractivity contribution in [1.82, 2.24) is 14.9 Å². The normalized spacial score (nSPS) is 18.6. The van der Waals surface area contributed by atoms with Crippen molar-refractivity contribution in [3.8, 4) is 5.75 Å². The molecule has 2 atom stereocenters. The van der Waals surface area contributed by atoms with Crippen LogP contribution in [0.25, 0.3) is 0 Å². The van der Waals surface area contributed by atoms with E-state index in [9.17, 15) is 4.79 Å². The summed E-state index contributed by atoms with van der Waals surface area (Å²) in [6.45, 7) is 3.89. The van der Waals surface area contributed by atoms with Crippen LogP contribution in [0.3, 0.4) is 0 Å². The molecule has 26 heavy (non-hydrogen) atoms. The van der Waals surface area contributed by atoms with Crippen molar-refractivity contribution in [2.45, 2.75) is 38.3 Å². The van der Waals surface area contributed by atoms with Crippen molar-refractivity contribution < 1.29 is 4.74 Å². The van der Waals surface area contributed by atoms with Gasteiger partial charge in [0.25, 0.3) is 5.56 Å². The van der Waals surface area contributed by atoms with E-state index < -0.39 is 0 Å². The zero-order chi connectivity index (χ0) is 18.5. The predicted octanol–water partition coefficient (Wildman–Crippen LogP) is 1.98. The maximum Gasteiger partial charge on any atom is 0.293 e. The Morgan fingerprint density at radius 1 is 1.38 bits per heavy atom.